The molecule has 2 atom stereocenters. The van der Waals surface area contributed by atoms with Gasteiger partial charge in [-0.15, -0.1) is 0 Å². The smallest absolute Gasteiger partial charge is 0.166 e. The summed E-state index contributed by atoms with van der Waals surface area (Å²) in [5, 5.41) is 9.05. The van der Waals surface area contributed by atoms with E-state index in [0.717, 1.165) is 31.2 Å². The van der Waals surface area contributed by atoms with Crippen LogP contribution in [0, 0.1) is 24.2 Å². The predicted molar refractivity (Wildman–Crippen MR) is 70.8 cm³/mol. The van der Waals surface area contributed by atoms with Crippen LogP contribution in [0.15, 0.2) is 18.2 Å². The van der Waals surface area contributed by atoms with Crippen molar-refractivity contribution < 1.29 is 9.53 Å². The normalized spacial score (nSPS) is 28.9. The lowest BCUT2D eigenvalue weighted by molar-refractivity contribution is -0.0149. The van der Waals surface area contributed by atoms with E-state index in [1.807, 2.05) is 13.0 Å². The van der Waals surface area contributed by atoms with Crippen LogP contribution < -0.4 is 0 Å². The van der Waals surface area contributed by atoms with E-state index < -0.39 is 0 Å². The van der Waals surface area contributed by atoms with Crippen LogP contribution in [0.5, 0.6) is 0 Å². The van der Waals surface area contributed by atoms with Crippen LogP contribution in [0.2, 0.25) is 0 Å². The number of nitriles is 1. The van der Waals surface area contributed by atoms with Gasteiger partial charge in [-0.3, -0.25) is 4.79 Å². The molecule has 3 rings (SSSR count). The Bertz CT molecular complexity index is 546. The minimum atomic E-state index is 0.0684. The molecular formula is C16H17NO2. The van der Waals surface area contributed by atoms with Crippen molar-refractivity contribution in [1.82, 2.24) is 0 Å². The lowest BCUT2D eigenvalue weighted by atomic mass is 9.86. The maximum Gasteiger partial charge on any atom is 0.166 e. The van der Waals surface area contributed by atoms with Gasteiger partial charge in [-0.05, 0) is 44.2 Å². The van der Waals surface area contributed by atoms with Crippen LogP contribution in [0.25, 0.3) is 0 Å². The number of hydrogen-bond acceptors (Lipinski definition) is 3. The van der Waals surface area contributed by atoms with Gasteiger partial charge in [0.2, 0.25) is 0 Å². The molecule has 19 heavy (non-hydrogen) atoms. The summed E-state index contributed by atoms with van der Waals surface area (Å²) in [6.45, 7) is 1.86. The third-order valence-electron chi connectivity index (χ3n) is 4.38. The van der Waals surface area contributed by atoms with Crippen LogP contribution in [0.4, 0.5) is 0 Å². The Morgan fingerprint density at radius 1 is 1.32 bits per heavy atom. The number of carbonyl (C=O) groups excluding carboxylic acids is 1. The summed E-state index contributed by atoms with van der Waals surface area (Å²) in [7, 11) is 0. The maximum atomic E-state index is 12.6. The summed E-state index contributed by atoms with van der Waals surface area (Å²) in [5.74, 6) is 0.258. The molecule has 2 unspecified atom stereocenters. The monoisotopic (exact) mass is 255 g/mol. The fourth-order valence-corrected chi connectivity index (χ4v) is 3.32. The SMILES string of the molecule is Cc1c(C#N)cccc1C(=O)C1CC2CCC(C1)O2. The molecule has 1 aromatic rings. The molecule has 2 heterocycles. The number of Topliss-reactive ketones (excluding diaryl/α,β-unsaturated/α-hetero) is 1. The number of fused-ring (bicyclic) bond motifs is 2. The van der Waals surface area contributed by atoms with E-state index in [0.29, 0.717) is 11.1 Å². The van der Waals surface area contributed by atoms with E-state index in [-0.39, 0.29) is 23.9 Å². The zero-order valence-electron chi connectivity index (χ0n) is 11.1. The molecule has 2 fully saturated rings. The van der Waals surface area contributed by atoms with Crippen molar-refractivity contribution in [3.8, 4) is 6.07 Å². The lowest BCUT2D eigenvalue weighted by Crippen LogP contribution is -2.30. The van der Waals surface area contributed by atoms with Crippen molar-refractivity contribution in [2.75, 3.05) is 0 Å². The minimum Gasteiger partial charge on any atom is -0.375 e. The summed E-state index contributed by atoms with van der Waals surface area (Å²) in [5.41, 5.74) is 2.13. The number of rotatable bonds is 2. The van der Waals surface area contributed by atoms with Crippen LogP contribution in [0.1, 0.15) is 47.2 Å². The standard InChI is InChI=1S/C16H17NO2/c1-10-11(9-17)3-2-4-15(10)16(18)12-7-13-5-6-14(8-12)19-13/h2-4,12-14H,5-8H2,1H3. The molecular weight excluding hydrogens is 238 g/mol. The molecule has 0 spiro atoms. The average Bonchev–Trinajstić information content (AvgIpc) is 2.77. The molecule has 1 aromatic carbocycles. The topological polar surface area (TPSA) is 50.1 Å². The Morgan fingerprint density at radius 3 is 2.63 bits per heavy atom. The van der Waals surface area contributed by atoms with Gasteiger partial charge in [0.05, 0.1) is 23.8 Å². The minimum absolute atomic E-state index is 0.0684. The molecule has 3 heteroatoms. The Kier molecular flexibility index (Phi) is 3.12. The zero-order chi connectivity index (χ0) is 13.4. The molecule has 98 valence electrons. The van der Waals surface area contributed by atoms with E-state index in [9.17, 15) is 4.79 Å². The largest absolute Gasteiger partial charge is 0.375 e. The molecule has 0 radical (unpaired) electrons. The second-order valence-electron chi connectivity index (χ2n) is 5.58. The van der Waals surface area contributed by atoms with Gasteiger partial charge in [-0.1, -0.05) is 12.1 Å². The van der Waals surface area contributed by atoms with Crippen molar-refractivity contribution in [1.29, 1.82) is 5.26 Å². The third-order valence-corrected chi connectivity index (χ3v) is 4.38. The number of benzene rings is 1. The first-order valence-corrected chi connectivity index (χ1v) is 6.88. The molecule has 2 aliphatic rings. The molecule has 0 aromatic heterocycles. The fraction of sp³-hybridized carbons (Fsp3) is 0.500. The molecule has 0 N–H and O–H groups in total. The number of carbonyl (C=O) groups is 1. The van der Waals surface area contributed by atoms with Gasteiger partial charge in [0, 0.05) is 11.5 Å². The van der Waals surface area contributed by atoms with Crippen LogP contribution in [0.3, 0.4) is 0 Å². The molecule has 0 amide bonds. The summed E-state index contributed by atoms with van der Waals surface area (Å²) in [6.07, 6.45) is 4.40. The molecule has 0 aliphatic carbocycles. The average molecular weight is 255 g/mol. The van der Waals surface area contributed by atoms with E-state index in [4.69, 9.17) is 10.00 Å². The van der Waals surface area contributed by atoms with Gasteiger partial charge in [0.25, 0.3) is 0 Å². The summed E-state index contributed by atoms with van der Waals surface area (Å²) >= 11 is 0. The fourth-order valence-electron chi connectivity index (χ4n) is 3.32. The number of nitrogens with zero attached hydrogens (tertiary/aromatic N) is 1. The zero-order valence-corrected chi connectivity index (χ0v) is 11.1. The van der Waals surface area contributed by atoms with Crippen LogP contribution >= 0.6 is 0 Å². The van der Waals surface area contributed by atoms with Gasteiger partial charge in [-0.25, -0.2) is 0 Å². The summed E-state index contributed by atoms with van der Waals surface area (Å²) in [6, 6.07) is 7.55. The lowest BCUT2D eigenvalue weighted by Gasteiger charge is -2.27. The van der Waals surface area contributed by atoms with Gasteiger partial charge in [-0.2, -0.15) is 5.26 Å². The van der Waals surface area contributed by atoms with Crippen molar-refractivity contribution in [2.24, 2.45) is 5.92 Å². The first-order valence-electron chi connectivity index (χ1n) is 6.88. The highest BCUT2D eigenvalue weighted by Crippen LogP contribution is 2.37. The van der Waals surface area contributed by atoms with Crippen LogP contribution in [-0.2, 0) is 4.74 Å². The molecule has 2 saturated heterocycles. The highest BCUT2D eigenvalue weighted by Gasteiger charge is 2.38. The predicted octanol–water partition coefficient (Wildman–Crippen LogP) is 3.01. The second kappa shape index (κ2) is 4.79. The van der Waals surface area contributed by atoms with E-state index >= 15 is 0 Å². The first-order chi connectivity index (χ1) is 9.19. The number of ether oxygens (including phenoxy) is 1. The van der Waals surface area contributed by atoms with Gasteiger partial charge in [0.15, 0.2) is 5.78 Å². The van der Waals surface area contributed by atoms with Crippen molar-refractivity contribution >= 4 is 5.78 Å². The quantitative estimate of drug-likeness (QED) is 0.763. The van der Waals surface area contributed by atoms with Crippen molar-refractivity contribution in [3.05, 3.63) is 34.9 Å². The van der Waals surface area contributed by atoms with E-state index in [1.165, 1.54) is 0 Å². The Hall–Kier alpha value is -1.66. The Labute approximate surface area is 113 Å². The van der Waals surface area contributed by atoms with Crippen molar-refractivity contribution in [3.63, 3.8) is 0 Å². The Morgan fingerprint density at radius 2 is 2.00 bits per heavy atom. The molecule has 2 bridgehead atoms. The number of ketones is 1. The molecule has 0 saturated carbocycles. The highest BCUT2D eigenvalue weighted by atomic mass is 16.5. The second-order valence-corrected chi connectivity index (χ2v) is 5.58. The van der Waals surface area contributed by atoms with E-state index in [1.54, 1.807) is 12.1 Å². The summed E-state index contributed by atoms with van der Waals surface area (Å²) in [4.78, 5) is 12.6. The Balaban J connectivity index is 1.87. The van der Waals surface area contributed by atoms with Gasteiger partial charge < -0.3 is 4.74 Å². The van der Waals surface area contributed by atoms with Gasteiger partial charge in [0.1, 0.15) is 0 Å². The summed E-state index contributed by atoms with van der Waals surface area (Å²) < 4.78 is 5.78. The van der Waals surface area contributed by atoms with Crippen LogP contribution in [-0.4, -0.2) is 18.0 Å². The molecule has 2 aliphatic heterocycles. The third kappa shape index (κ3) is 2.17. The molecule has 3 nitrogen and oxygen atoms in total. The first kappa shape index (κ1) is 12.4. The highest BCUT2D eigenvalue weighted by molar-refractivity contribution is 5.99. The van der Waals surface area contributed by atoms with Crippen molar-refractivity contribution in [2.45, 2.75) is 44.8 Å². The number of hydrogen-bond donors (Lipinski definition) is 0. The maximum absolute atomic E-state index is 12.6. The van der Waals surface area contributed by atoms with E-state index in [2.05, 4.69) is 6.07 Å². The van der Waals surface area contributed by atoms with Gasteiger partial charge >= 0.3 is 0 Å².